The van der Waals surface area contributed by atoms with E-state index in [0.29, 0.717) is 30.5 Å². The largest absolute Gasteiger partial charge is 0.493 e. The van der Waals surface area contributed by atoms with Crippen molar-refractivity contribution >= 4 is 45.0 Å². The number of halogens is 1. The van der Waals surface area contributed by atoms with Crippen LogP contribution >= 0.6 is 22.6 Å². The van der Waals surface area contributed by atoms with Gasteiger partial charge in [-0.25, -0.2) is 14.6 Å². The molecule has 2 aromatic heterocycles. The van der Waals surface area contributed by atoms with Crippen LogP contribution in [0.4, 0.5) is 11.5 Å². The normalized spacial score (nSPS) is 13.8. The molecule has 0 atom stereocenters. The molecule has 3 aromatic carbocycles. The Bertz CT molecular complexity index is 1660. The lowest BCUT2D eigenvalue weighted by Crippen LogP contribution is -2.37. The van der Waals surface area contributed by atoms with Gasteiger partial charge < -0.3 is 19.5 Å². The Labute approximate surface area is 258 Å². The third kappa shape index (κ3) is 6.97. The average Bonchev–Trinajstić information content (AvgIpc) is 3.48. The van der Waals surface area contributed by atoms with Crippen molar-refractivity contribution in [2.75, 3.05) is 51.9 Å². The second-order valence-electron chi connectivity index (χ2n) is 10.0. The minimum atomic E-state index is 0.585. The molecule has 0 unspecified atom stereocenters. The van der Waals surface area contributed by atoms with Crippen LogP contribution in [0, 0.1) is 3.57 Å². The molecular formula is C31H32IN7O3. The van der Waals surface area contributed by atoms with E-state index in [1.165, 1.54) is 9.13 Å². The molecule has 1 fully saturated rings. The summed E-state index contributed by atoms with van der Waals surface area (Å²) in [4.78, 5) is 11.4. The Kier molecular flexibility index (Phi) is 9.06. The minimum absolute atomic E-state index is 0.585. The molecule has 0 spiro atoms. The molecule has 10 nitrogen and oxygen atoms in total. The highest BCUT2D eigenvalue weighted by atomic mass is 127. The molecular weight excluding hydrogens is 645 g/mol. The van der Waals surface area contributed by atoms with E-state index in [4.69, 9.17) is 14.2 Å². The molecule has 0 aliphatic carbocycles. The lowest BCUT2D eigenvalue weighted by molar-refractivity contribution is 0.0357. The van der Waals surface area contributed by atoms with Crippen LogP contribution in [0.15, 0.2) is 73.2 Å². The SMILES string of the molecule is COc1cc2ncnc(Nc3cccc(-c4cn(Cc5cccc(I)c5)nn4)c3)c2cc1OCCCN1CCOCC1. The fourth-order valence-electron chi connectivity index (χ4n) is 4.95. The van der Waals surface area contributed by atoms with E-state index in [-0.39, 0.29) is 0 Å². The predicted octanol–water partition coefficient (Wildman–Crippen LogP) is 5.39. The minimum Gasteiger partial charge on any atom is -0.493 e. The Hall–Kier alpha value is -3.81. The molecule has 6 rings (SSSR count). The number of rotatable bonds is 11. The first-order valence-corrected chi connectivity index (χ1v) is 15.0. The zero-order chi connectivity index (χ0) is 28.7. The van der Waals surface area contributed by atoms with Gasteiger partial charge in [-0.05, 0) is 64.9 Å². The number of aromatic nitrogens is 5. The lowest BCUT2D eigenvalue weighted by Gasteiger charge is -2.26. The maximum absolute atomic E-state index is 6.18. The first-order valence-electron chi connectivity index (χ1n) is 13.9. The summed E-state index contributed by atoms with van der Waals surface area (Å²) in [6.07, 6.45) is 4.43. The van der Waals surface area contributed by atoms with Crippen molar-refractivity contribution in [3.8, 4) is 22.8 Å². The smallest absolute Gasteiger partial charge is 0.162 e. The zero-order valence-electron chi connectivity index (χ0n) is 23.4. The highest BCUT2D eigenvalue weighted by Crippen LogP contribution is 2.35. The molecule has 3 heterocycles. The van der Waals surface area contributed by atoms with Gasteiger partial charge in [-0.3, -0.25) is 4.90 Å². The van der Waals surface area contributed by atoms with E-state index < -0.39 is 0 Å². The van der Waals surface area contributed by atoms with Crippen LogP contribution in [0.25, 0.3) is 22.2 Å². The van der Waals surface area contributed by atoms with E-state index in [2.05, 4.69) is 77.4 Å². The van der Waals surface area contributed by atoms with Crippen molar-refractivity contribution in [3.05, 3.63) is 82.3 Å². The Morgan fingerprint density at radius 2 is 1.88 bits per heavy atom. The van der Waals surface area contributed by atoms with Crippen LogP contribution in [0.5, 0.6) is 11.5 Å². The van der Waals surface area contributed by atoms with Crippen molar-refractivity contribution in [2.45, 2.75) is 13.0 Å². The molecule has 0 bridgehead atoms. The molecule has 0 saturated carbocycles. The summed E-state index contributed by atoms with van der Waals surface area (Å²) >= 11 is 2.32. The number of nitrogens with one attached hydrogen (secondary N) is 1. The van der Waals surface area contributed by atoms with E-state index in [9.17, 15) is 0 Å². The number of hydrogen-bond acceptors (Lipinski definition) is 9. The highest BCUT2D eigenvalue weighted by molar-refractivity contribution is 14.1. The van der Waals surface area contributed by atoms with Gasteiger partial charge in [0.1, 0.15) is 17.8 Å². The zero-order valence-corrected chi connectivity index (χ0v) is 25.5. The monoisotopic (exact) mass is 677 g/mol. The molecule has 216 valence electrons. The number of hydrogen-bond donors (Lipinski definition) is 1. The van der Waals surface area contributed by atoms with Gasteiger partial charge in [0.2, 0.25) is 0 Å². The number of morpholine rings is 1. The van der Waals surface area contributed by atoms with Crippen LogP contribution in [0.1, 0.15) is 12.0 Å². The molecule has 1 aliphatic heterocycles. The van der Waals surface area contributed by atoms with Gasteiger partial charge in [0.05, 0.1) is 45.2 Å². The van der Waals surface area contributed by atoms with Gasteiger partial charge in [-0.1, -0.05) is 29.5 Å². The van der Waals surface area contributed by atoms with Crippen molar-refractivity contribution in [1.82, 2.24) is 29.9 Å². The molecule has 5 aromatic rings. The summed E-state index contributed by atoms with van der Waals surface area (Å²) in [5.41, 5.74) is 4.58. The van der Waals surface area contributed by atoms with E-state index in [0.717, 1.165) is 67.1 Å². The number of benzene rings is 3. The van der Waals surface area contributed by atoms with Crippen molar-refractivity contribution in [2.24, 2.45) is 0 Å². The molecule has 1 N–H and O–H groups in total. The molecule has 0 amide bonds. The van der Waals surface area contributed by atoms with Gasteiger partial charge >= 0.3 is 0 Å². The predicted molar refractivity (Wildman–Crippen MR) is 170 cm³/mol. The topological polar surface area (TPSA) is 99.5 Å². The molecule has 1 aliphatic rings. The van der Waals surface area contributed by atoms with E-state index >= 15 is 0 Å². The second-order valence-corrected chi connectivity index (χ2v) is 11.3. The molecule has 11 heteroatoms. The number of ether oxygens (including phenoxy) is 3. The quantitative estimate of drug-likeness (QED) is 0.146. The first-order chi connectivity index (χ1) is 20.6. The first kappa shape index (κ1) is 28.3. The van der Waals surface area contributed by atoms with Crippen LogP contribution in [0.2, 0.25) is 0 Å². The summed E-state index contributed by atoms with van der Waals surface area (Å²) in [6.45, 7) is 5.76. The average molecular weight is 678 g/mol. The second kappa shape index (κ2) is 13.4. The number of fused-ring (bicyclic) bond motifs is 1. The Morgan fingerprint density at radius 1 is 1.00 bits per heavy atom. The number of anilines is 2. The fraction of sp³-hybridized carbons (Fsp3) is 0.290. The van der Waals surface area contributed by atoms with Crippen LogP contribution in [0.3, 0.4) is 0 Å². The molecule has 1 saturated heterocycles. The maximum atomic E-state index is 6.18. The number of methoxy groups -OCH3 is 1. The summed E-state index contributed by atoms with van der Waals surface area (Å²) in [6, 6.07) is 20.3. The van der Waals surface area contributed by atoms with Crippen LogP contribution in [-0.4, -0.2) is 76.4 Å². The van der Waals surface area contributed by atoms with Gasteiger partial charge in [0.25, 0.3) is 0 Å². The van der Waals surface area contributed by atoms with Crippen molar-refractivity contribution in [1.29, 1.82) is 0 Å². The summed E-state index contributed by atoms with van der Waals surface area (Å²) in [5, 5.41) is 13.1. The third-order valence-corrected chi connectivity index (χ3v) is 7.77. The standard InChI is InChI=1S/C31H32IN7O3/c1-40-29-18-27-26(17-30(29)42-12-4-9-38-10-13-41-14-11-38)31(34-21-33-27)35-25-8-3-6-23(16-25)28-20-39(37-36-28)19-22-5-2-7-24(32)15-22/h2-3,5-8,15-18,20-21H,4,9-14,19H2,1H3,(H,33,34,35). The number of nitrogens with zero attached hydrogens (tertiary/aromatic N) is 6. The Balaban J connectivity index is 1.17. The summed E-state index contributed by atoms with van der Waals surface area (Å²) < 4.78 is 20.3. The van der Waals surface area contributed by atoms with Gasteiger partial charge in [-0.15, -0.1) is 5.10 Å². The van der Waals surface area contributed by atoms with Gasteiger partial charge in [0, 0.05) is 45.9 Å². The van der Waals surface area contributed by atoms with Crippen molar-refractivity contribution < 1.29 is 14.2 Å². The van der Waals surface area contributed by atoms with Gasteiger partial charge in [-0.2, -0.15) is 0 Å². The van der Waals surface area contributed by atoms with E-state index in [1.54, 1.807) is 13.4 Å². The third-order valence-electron chi connectivity index (χ3n) is 7.09. The highest BCUT2D eigenvalue weighted by Gasteiger charge is 2.14. The maximum Gasteiger partial charge on any atom is 0.162 e. The molecule has 42 heavy (non-hydrogen) atoms. The molecule has 0 radical (unpaired) electrons. The van der Waals surface area contributed by atoms with Crippen LogP contribution in [-0.2, 0) is 11.3 Å². The lowest BCUT2D eigenvalue weighted by atomic mass is 10.1. The summed E-state index contributed by atoms with van der Waals surface area (Å²) in [7, 11) is 1.64. The van der Waals surface area contributed by atoms with E-state index in [1.807, 2.05) is 47.3 Å². The Morgan fingerprint density at radius 3 is 2.74 bits per heavy atom. The summed E-state index contributed by atoms with van der Waals surface area (Å²) in [5.74, 6) is 2.00. The van der Waals surface area contributed by atoms with Crippen LogP contribution < -0.4 is 14.8 Å². The van der Waals surface area contributed by atoms with Crippen molar-refractivity contribution in [3.63, 3.8) is 0 Å². The fourth-order valence-corrected chi connectivity index (χ4v) is 5.56. The van der Waals surface area contributed by atoms with Gasteiger partial charge in [0.15, 0.2) is 11.5 Å².